The van der Waals surface area contributed by atoms with Crippen molar-refractivity contribution in [1.29, 1.82) is 0 Å². The highest BCUT2D eigenvalue weighted by Gasteiger charge is 2.16. The molecule has 3 nitrogen and oxygen atoms in total. The van der Waals surface area contributed by atoms with Gasteiger partial charge in [0.05, 0.1) is 12.6 Å². The van der Waals surface area contributed by atoms with Gasteiger partial charge in [-0.3, -0.25) is 0 Å². The normalized spacial score (nSPS) is 14.4. The Hall–Kier alpha value is -1.71. The molecule has 2 aromatic rings. The van der Waals surface area contributed by atoms with Crippen LogP contribution in [0.25, 0.3) is 0 Å². The molecule has 1 unspecified atom stereocenters. The molecule has 0 saturated heterocycles. The number of halogens is 1. The Kier molecular flexibility index (Phi) is 4.04. The smallest absolute Gasteiger partial charge is 0.122 e. The first-order valence-electron chi connectivity index (χ1n) is 7.16. The maximum atomic E-state index is 6.18. The lowest BCUT2D eigenvalue weighted by molar-refractivity contribution is 0.357. The first-order valence-corrected chi connectivity index (χ1v) is 7.53. The number of hydrogen-bond donors (Lipinski definition) is 2. The Bertz CT molecular complexity index is 657. The van der Waals surface area contributed by atoms with Crippen LogP contribution in [-0.4, -0.2) is 13.2 Å². The Morgan fingerprint density at radius 2 is 2.14 bits per heavy atom. The number of fused-ring (bicyclic) bond motifs is 1. The number of anilines is 1. The minimum absolute atomic E-state index is 0.0645. The molecule has 4 heteroatoms. The first-order chi connectivity index (χ1) is 10.2. The Labute approximate surface area is 130 Å². The van der Waals surface area contributed by atoms with Crippen LogP contribution >= 0.6 is 11.6 Å². The van der Waals surface area contributed by atoms with E-state index >= 15 is 0 Å². The van der Waals surface area contributed by atoms with Gasteiger partial charge in [0, 0.05) is 23.7 Å². The van der Waals surface area contributed by atoms with Crippen molar-refractivity contribution in [3.05, 3.63) is 58.1 Å². The number of ether oxygens (including phenoxy) is 1. The molecule has 0 amide bonds. The van der Waals surface area contributed by atoms with E-state index in [1.165, 1.54) is 11.1 Å². The molecule has 0 bridgehead atoms. The summed E-state index contributed by atoms with van der Waals surface area (Å²) in [5.41, 5.74) is 10.4. The highest BCUT2D eigenvalue weighted by Crippen LogP contribution is 2.30. The number of aryl methyl sites for hydroxylation is 1. The zero-order valence-corrected chi connectivity index (χ0v) is 12.8. The van der Waals surface area contributed by atoms with Gasteiger partial charge in [-0.05, 0) is 47.9 Å². The van der Waals surface area contributed by atoms with Crippen molar-refractivity contribution in [3.63, 3.8) is 0 Å². The molecule has 2 aromatic carbocycles. The Balaban J connectivity index is 1.83. The van der Waals surface area contributed by atoms with Gasteiger partial charge in [0.2, 0.25) is 0 Å². The van der Waals surface area contributed by atoms with Crippen molar-refractivity contribution in [2.24, 2.45) is 5.73 Å². The van der Waals surface area contributed by atoms with Crippen molar-refractivity contribution < 1.29 is 4.74 Å². The molecule has 0 radical (unpaired) electrons. The van der Waals surface area contributed by atoms with Crippen LogP contribution < -0.4 is 15.8 Å². The van der Waals surface area contributed by atoms with Crippen LogP contribution in [0.5, 0.6) is 5.75 Å². The molecule has 3 N–H and O–H groups in total. The quantitative estimate of drug-likeness (QED) is 0.905. The average molecular weight is 303 g/mol. The minimum Gasteiger partial charge on any atom is -0.493 e. The highest BCUT2D eigenvalue weighted by atomic mass is 35.5. The number of nitrogens with one attached hydrogen (secondary N) is 1. The maximum Gasteiger partial charge on any atom is 0.122 e. The summed E-state index contributed by atoms with van der Waals surface area (Å²) in [6, 6.07) is 12.3. The number of rotatable bonds is 4. The van der Waals surface area contributed by atoms with E-state index in [0.29, 0.717) is 6.54 Å². The van der Waals surface area contributed by atoms with Gasteiger partial charge in [-0.15, -0.1) is 0 Å². The van der Waals surface area contributed by atoms with Crippen molar-refractivity contribution in [3.8, 4) is 5.75 Å². The van der Waals surface area contributed by atoms with Crippen molar-refractivity contribution in [1.82, 2.24) is 0 Å². The molecule has 0 saturated carbocycles. The number of benzene rings is 2. The lowest BCUT2D eigenvalue weighted by Crippen LogP contribution is -2.20. The molecule has 0 spiro atoms. The van der Waals surface area contributed by atoms with E-state index in [2.05, 4.69) is 17.4 Å². The second-order valence-electron chi connectivity index (χ2n) is 5.36. The summed E-state index contributed by atoms with van der Waals surface area (Å²) in [6.45, 7) is 3.28. The topological polar surface area (TPSA) is 47.3 Å². The van der Waals surface area contributed by atoms with Gasteiger partial charge in [0.15, 0.2) is 0 Å². The molecule has 1 heterocycles. The monoisotopic (exact) mass is 302 g/mol. The van der Waals surface area contributed by atoms with Crippen LogP contribution in [0.15, 0.2) is 36.4 Å². The maximum absolute atomic E-state index is 6.18. The summed E-state index contributed by atoms with van der Waals surface area (Å²) in [4.78, 5) is 0. The predicted octanol–water partition coefficient (Wildman–Crippen LogP) is 3.70. The lowest BCUT2D eigenvalue weighted by atomic mass is 10.0. The minimum atomic E-state index is 0.0645. The lowest BCUT2D eigenvalue weighted by Gasteiger charge is -2.20. The fourth-order valence-electron chi connectivity index (χ4n) is 2.59. The molecular formula is C17H19ClN2O. The third-order valence-electron chi connectivity index (χ3n) is 3.86. The van der Waals surface area contributed by atoms with Gasteiger partial charge in [-0.25, -0.2) is 0 Å². The van der Waals surface area contributed by atoms with Crippen molar-refractivity contribution in [2.45, 2.75) is 19.4 Å². The van der Waals surface area contributed by atoms with Gasteiger partial charge >= 0.3 is 0 Å². The summed E-state index contributed by atoms with van der Waals surface area (Å²) >= 11 is 6.18. The van der Waals surface area contributed by atoms with Crippen LogP contribution in [0.4, 0.5) is 5.69 Å². The average Bonchev–Trinajstić information content (AvgIpc) is 2.95. The molecule has 0 aliphatic carbocycles. The van der Waals surface area contributed by atoms with Crippen LogP contribution in [0.1, 0.15) is 22.7 Å². The fourth-order valence-corrected chi connectivity index (χ4v) is 2.77. The zero-order chi connectivity index (χ0) is 14.8. The number of hydrogen-bond acceptors (Lipinski definition) is 3. The van der Waals surface area contributed by atoms with E-state index in [1.807, 2.05) is 31.2 Å². The first kappa shape index (κ1) is 14.2. The molecule has 110 valence electrons. The largest absolute Gasteiger partial charge is 0.493 e. The van der Waals surface area contributed by atoms with E-state index in [0.717, 1.165) is 35.1 Å². The van der Waals surface area contributed by atoms with E-state index in [1.54, 1.807) is 0 Å². The van der Waals surface area contributed by atoms with Crippen molar-refractivity contribution >= 4 is 17.3 Å². The summed E-state index contributed by atoms with van der Waals surface area (Å²) < 4.78 is 5.54. The SMILES string of the molecule is Cc1ccc(NC(CN)c2ccc3c(c2)CCO3)cc1Cl. The predicted molar refractivity (Wildman–Crippen MR) is 87.2 cm³/mol. The van der Waals surface area contributed by atoms with E-state index in [9.17, 15) is 0 Å². The van der Waals surface area contributed by atoms with Gasteiger partial charge in [0.25, 0.3) is 0 Å². The van der Waals surface area contributed by atoms with E-state index < -0.39 is 0 Å². The van der Waals surface area contributed by atoms with Crippen LogP contribution in [0.3, 0.4) is 0 Å². The van der Waals surface area contributed by atoms with Crippen LogP contribution in [-0.2, 0) is 6.42 Å². The molecule has 3 rings (SSSR count). The highest BCUT2D eigenvalue weighted by molar-refractivity contribution is 6.31. The van der Waals surface area contributed by atoms with Gasteiger partial charge < -0.3 is 15.8 Å². The standard InChI is InChI=1S/C17H19ClN2O/c1-11-2-4-14(9-15(11)18)20-16(10-19)12-3-5-17-13(8-12)6-7-21-17/h2-5,8-9,16,20H,6-7,10,19H2,1H3. The third-order valence-corrected chi connectivity index (χ3v) is 4.27. The second-order valence-corrected chi connectivity index (χ2v) is 5.77. The van der Waals surface area contributed by atoms with Crippen LogP contribution in [0.2, 0.25) is 5.02 Å². The second kappa shape index (κ2) is 5.96. The molecule has 0 aromatic heterocycles. The van der Waals surface area contributed by atoms with Crippen molar-refractivity contribution in [2.75, 3.05) is 18.5 Å². The summed E-state index contributed by atoms with van der Waals surface area (Å²) in [6.07, 6.45) is 0.969. The molecule has 1 aliphatic heterocycles. The van der Waals surface area contributed by atoms with E-state index in [-0.39, 0.29) is 6.04 Å². The van der Waals surface area contributed by atoms with E-state index in [4.69, 9.17) is 22.1 Å². The Morgan fingerprint density at radius 3 is 2.90 bits per heavy atom. The third kappa shape index (κ3) is 2.99. The van der Waals surface area contributed by atoms with Gasteiger partial charge in [-0.1, -0.05) is 23.7 Å². The summed E-state index contributed by atoms with van der Waals surface area (Å²) in [5.74, 6) is 0.993. The fraction of sp³-hybridized carbons (Fsp3) is 0.294. The van der Waals surface area contributed by atoms with Gasteiger partial charge in [0.1, 0.15) is 5.75 Å². The zero-order valence-electron chi connectivity index (χ0n) is 12.0. The summed E-state index contributed by atoms with van der Waals surface area (Å²) in [5, 5.41) is 4.22. The molecule has 1 aliphatic rings. The van der Waals surface area contributed by atoms with Crippen LogP contribution in [0, 0.1) is 6.92 Å². The summed E-state index contributed by atoms with van der Waals surface area (Å²) in [7, 11) is 0. The molecule has 0 fully saturated rings. The number of nitrogens with two attached hydrogens (primary N) is 1. The molecule has 21 heavy (non-hydrogen) atoms. The molecule has 1 atom stereocenters. The molecular weight excluding hydrogens is 284 g/mol. The Morgan fingerprint density at radius 1 is 1.29 bits per heavy atom. The van der Waals surface area contributed by atoms with Gasteiger partial charge in [-0.2, -0.15) is 0 Å².